The van der Waals surface area contributed by atoms with Gasteiger partial charge in [0.15, 0.2) is 0 Å². The molecular weight excluding hydrogens is 538 g/mol. The molecule has 228 valence electrons. The van der Waals surface area contributed by atoms with E-state index in [2.05, 4.69) is 44.4 Å². The number of piperidine rings is 1. The molecule has 0 aromatic heterocycles. The first-order chi connectivity index (χ1) is 20.5. The van der Waals surface area contributed by atoms with Gasteiger partial charge >= 0.3 is 0 Å². The Morgan fingerprint density at radius 1 is 1.05 bits per heavy atom. The second-order valence-electron chi connectivity index (χ2n) is 13.4. The molecule has 0 unspecified atom stereocenters. The highest BCUT2D eigenvalue weighted by Gasteiger charge is 2.37. The van der Waals surface area contributed by atoms with Gasteiger partial charge in [0.05, 0.1) is 17.2 Å². The molecule has 1 aliphatic carbocycles. The quantitative estimate of drug-likeness (QED) is 0.462. The minimum absolute atomic E-state index is 0.0135. The lowest BCUT2D eigenvalue weighted by molar-refractivity contribution is -0.126. The summed E-state index contributed by atoms with van der Waals surface area (Å²) in [4.78, 5) is 35.4. The molecule has 2 fully saturated rings. The molecule has 2 heterocycles. The molecule has 1 saturated carbocycles. The van der Waals surface area contributed by atoms with Gasteiger partial charge in [0.2, 0.25) is 5.91 Å². The highest BCUT2D eigenvalue weighted by molar-refractivity contribution is 6.12. The van der Waals surface area contributed by atoms with Crippen molar-refractivity contribution in [1.29, 1.82) is 5.26 Å². The molecule has 2 aliphatic heterocycles. The maximum atomic E-state index is 13.3. The molecule has 43 heavy (non-hydrogen) atoms. The summed E-state index contributed by atoms with van der Waals surface area (Å²) >= 11 is 0. The number of aliphatic imine (C=N–C) groups is 1. The maximum absolute atomic E-state index is 13.3. The van der Waals surface area contributed by atoms with Crippen LogP contribution < -0.4 is 10.2 Å². The Morgan fingerprint density at radius 2 is 1.72 bits per heavy atom. The van der Waals surface area contributed by atoms with Crippen molar-refractivity contribution < 1.29 is 14.7 Å². The zero-order valence-corrected chi connectivity index (χ0v) is 26.0. The molecule has 1 saturated heterocycles. The van der Waals surface area contributed by atoms with Crippen molar-refractivity contribution >= 4 is 23.3 Å². The molecule has 0 radical (unpaired) electrons. The summed E-state index contributed by atoms with van der Waals surface area (Å²) < 4.78 is 0. The van der Waals surface area contributed by atoms with Gasteiger partial charge in [0, 0.05) is 42.2 Å². The van der Waals surface area contributed by atoms with Crippen LogP contribution in [-0.2, 0) is 17.8 Å². The zero-order valence-electron chi connectivity index (χ0n) is 26.0. The number of anilines is 1. The lowest BCUT2D eigenvalue weighted by Gasteiger charge is -2.38. The second-order valence-corrected chi connectivity index (χ2v) is 13.4. The van der Waals surface area contributed by atoms with E-state index in [0.717, 1.165) is 75.2 Å². The summed E-state index contributed by atoms with van der Waals surface area (Å²) in [5.41, 5.74) is 3.84. The lowest BCUT2D eigenvalue weighted by Crippen LogP contribution is -2.44. The molecule has 0 spiro atoms. The Labute approximate surface area is 255 Å². The van der Waals surface area contributed by atoms with Crippen molar-refractivity contribution in [2.75, 3.05) is 18.0 Å². The number of aliphatic hydroxyl groups is 1. The number of carbonyl (C=O) groups excluding carboxylic acids is 2. The number of carbonyl (C=O) groups is 2. The summed E-state index contributed by atoms with van der Waals surface area (Å²) in [5.74, 6) is 0.916. The molecule has 2 amide bonds. The number of nitrogens with zero attached hydrogens (tertiary/aromatic N) is 4. The third-order valence-electron chi connectivity index (χ3n) is 9.38. The lowest BCUT2D eigenvalue weighted by atomic mass is 9.83. The Bertz CT molecular complexity index is 1390. The predicted octanol–water partition coefficient (Wildman–Crippen LogP) is 5.23. The number of likely N-dealkylation sites (tertiary alicyclic amines) is 1. The Morgan fingerprint density at radius 3 is 2.33 bits per heavy atom. The van der Waals surface area contributed by atoms with Crippen LogP contribution in [0.15, 0.2) is 47.5 Å². The van der Waals surface area contributed by atoms with Crippen molar-refractivity contribution in [2.45, 2.75) is 96.9 Å². The van der Waals surface area contributed by atoms with E-state index in [9.17, 15) is 14.7 Å². The van der Waals surface area contributed by atoms with Crippen LogP contribution in [0.1, 0.15) is 93.3 Å². The number of benzene rings is 2. The Hall–Kier alpha value is -3.54. The van der Waals surface area contributed by atoms with Crippen LogP contribution in [0.2, 0.25) is 0 Å². The molecule has 8 nitrogen and oxygen atoms in total. The van der Waals surface area contributed by atoms with Gasteiger partial charge in [-0.15, -0.1) is 0 Å². The van der Waals surface area contributed by atoms with Crippen molar-refractivity contribution in [3.05, 3.63) is 64.7 Å². The maximum Gasteiger partial charge on any atom is 0.278 e. The van der Waals surface area contributed by atoms with Crippen LogP contribution in [0.25, 0.3) is 0 Å². The SMILES string of the molecule is CC(C)NC(=O)C1CCC(N2C(=NC(=O)c3ccc(C#N)cc3)Cc3ccc(CN4CCC(C(C)(C)O)CC4)cc32)CC1. The molecule has 2 N–H and O–H groups in total. The van der Waals surface area contributed by atoms with Gasteiger partial charge in [-0.05, 0) is 127 Å². The van der Waals surface area contributed by atoms with Crippen LogP contribution in [0.3, 0.4) is 0 Å². The van der Waals surface area contributed by atoms with Crippen molar-refractivity contribution in [2.24, 2.45) is 16.8 Å². The van der Waals surface area contributed by atoms with Gasteiger partial charge in [-0.3, -0.25) is 14.5 Å². The van der Waals surface area contributed by atoms with Crippen molar-refractivity contribution in [1.82, 2.24) is 10.2 Å². The van der Waals surface area contributed by atoms with Gasteiger partial charge in [-0.1, -0.05) is 12.1 Å². The number of nitriles is 1. The molecule has 0 atom stereocenters. The van der Waals surface area contributed by atoms with Gasteiger partial charge in [0.1, 0.15) is 5.84 Å². The van der Waals surface area contributed by atoms with Gasteiger partial charge in [-0.25, -0.2) is 0 Å². The molecule has 3 aliphatic rings. The predicted molar refractivity (Wildman–Crippen MR) is 169 cm³/mol. The van der Waals surface area contributed by atoms with Crippen molar-refractivity contribution in [3.63, 3.8) is 0 Å². The summed E-state index contributed by atoms with van der Waals surface area (Å²) in [6, 6.07) is 15.6. The summed E-state index contributed by atoms with van der Waals surface area (Å²) in [5, 5.41) is 22.7. The van der Waals surface area contributed by atoms with E-state index < -0.39 is 5.60 Å². The van der Waals surface area contributed by atoms with Crippen molar-refractivity contribution in [3.8, 4) is 6.07 Å². The van der Waals surface area contributed by atoms with E-state index in [4.69, 9.17) is 5.26 Å². The van der Waals surface area contributed by atoms with Crippen LogP contribution >= 0.6 is 0 Å². The number of amidine groups is 1. The smallest absolute Gasteiger partial charge is 0.278 e. The van der Waals surface area contributed by atoms with E-state index >= 15 is 0 Å². The molecule has 0 bridgehead atoms. The number of rotatable bonds is 7. The normalized spacial score (nSPS) is 22.4. The number of hydrogen-bond donors (Lipinski definition) is 2. The number of nitrogens with one attached hydrogen (secondary N) is 1. The van der Waals surface area contributed by atoms with E-state index in [1.165, 1.54) is 5.56 Å². The average molecular weight is 584 g/mol. The average Bonchev–Trinajstić information content (AvgIpc) is 3.33. The van der Waals surface area contributed by atoms with Crippen LogP contribution in [0.4, 0.5) is 5.69 Å². The summed E-state index contributed by atoms with van der Waals surface area (Å²) in [6.45, 7) is 10.6. The molecule has 8 heteroatoms. The fourth-order valence-corrected chi connectivity index (χ4v) is 6.90. The third-order valence-corrected chi connectivity index (χ3v) is 9.38. The molecule has 2 aromatic carbocycles. The van der Waals surface area contributed by atoms with Crippen LogP contribution in [-0.4, -0.2) is 58.4 Å². The topological polar surface area (TPSA) is 109 Å². The Kier molecular flexibility index (Phi) is 9.33. The highest BCUT2D eigenvalue weighted by atomic mass is 16.3. The number of hydrogen-bond acceptors (Lipinski definition) is 5. The molecule has 5 rings (SSSR count). The van der Waals surface area contributed by atoms with Gasteiger partial charge in [-0.2, -0.15) is 10.3 Å². The van der Waals surface area contributed by atoms with E-state index in [1.807, 2.05) is 27.7 Å². The fourth-order valence-electron chi connectivity index (χ4n) is 6.90. The fraction of sp³-hybridized carbons (Fsp3) is 0.543. The van der Waals surface area contributed by atoms with Crippen LogP contribution in [0.5, 0.6) is 0 Å². The summed E-state index contributed by atoms with van der Waals surface area (Å²) in [6.07, 6.45) is 5.89. The number of fused-ring (bicyclic) bond motifs is 1. The minimum atomic E-state index is -0.639. The second kappa shape index (κ2) is 13.0. The van der Waals surface area contributed by atoms with Gasteiger partial charge in [0.25, 0.3) is 5.91 Å². The minimum Gasteiger partial charge on any atom is -0.390 e. The van der Waals surface area contributed by atoms with Crippen LogP contribution in [0, 0.1) is 23.2 Å². The first kappa shape index (κ1) is 30.9. The van der Waals surface area contributed by atoms with E-state index in [-0.39, 0.29) is 29.8 Å². The molecule has 2 aromatic rings. The van der Waals surface area contributed by atoms with E-state index in [1.54, 1.807) is 24.3 Å². The first-order valence-corrected chi connectivity index (χ1v) is 15.8. The number of amides is 2. The molecular formula is C35H45N5O3. The van der Waals surface area contributed by atoms with E-state index in [0.29, 0.717) is 23.5 Å². The highest BCUT2D eigenvalue weighted by Crippen LogP contribution is 2.38. The van der Waals surface area contributed by atoms with Gasteiger partial charge < -0.3 is 15.3 Å². The largest absolute Gasteiger partial charge is 0.390 e. The zero-order chi connectivity index (χ0) is 30.7. The summed E-state index contributed by atoms with van der Waals surface area (Å²) in [7, 11) is 0. The standard InChI is InChI=1S/C35H45N5O3/c1-23(2)37-33(41)27-11-13-30(14-12-27)40-31-19-25(22-39-17-15-29(16-18-39)35(3,4)43)7-10-28(31)20-32(40)38-34(42)26-8-5-24(21-36)6-9-26/h5-10,19,23,27,29-30,43H,11-18,20,22H2,1-4H3,(H,37,41). The Balaban J connectivity index is 1.37. The first-order valence-electron chi connectivity index (χ1n) is 15.8. The monoisotopic (exact) mass is 583 g/mol. The third kappa shape index (κ3) is 7.34.